The van der Waals surface area contributed by atoms with Crippen molar-refractivity contribution in [1.82, 2.24) is 15.0 Å². The van der Waals surface area contributed by atoms with E-state index in [1.54, 1.807) is 36.7 Å². The van der Waals surface area contributed by atoms with Crippen LogP contribution in [0.1, 0.15) is 23.2 Å². The molecule has 0 spiro atoms. The third kappa shape index (κ3) is 3.50. The predicted molar refractivity (Wildman–Crippen MR) is 99.4 cm³/mol. The van der Waals surface area contributed by atoms with Crippen molar-refractivity contribution in [1.29, 1.82) is 0 Å². The number of imide groups is 1. The van der Waals surface area contributed by atoms with E-state index in [4.69, 9.17) is 4.84 Å². The first-order valence-corrected chi connectivity index (χ1v) is 8.68. The van der Waals surface area contributed by atoms with Crippen LogP contribution in [0, 0.1) is 0 Å². The normalized spacial score (nSPS) is 13.6. The lowest BCUT2D eigenvalue weighted by Gasteiger charge is -2.12. The standard InChI is InChI=1S/C21H15N3O4/c25-19-10-11-20(26)24(19)28-21(27)15-6-4-14(5-7-15)16-8-9-18(23-13-16)17-3-1-2-12-22-17/h1-9,12-13H,10-11H2. The number of rotatable bonds is 4. The molecule has 7 nitrogen and oxygen atoms in total. The van der Waals surface area contributed by atoms with Gasteiger partial charge in [-0.3, -0.25) is 19.6 Å². The molecule has 0 bridgehead atoms. The number of nitrogens with zero attached hydrogens (tertiary/aromatic N) is 3. The SMILES string of the molecule is O=C(ON1C(=O)CCC1=O)c1ccc(-c2ccc(-c3ccccn3)nc2)cc1. The van der Waals surface area contributed by atoms with Gasteiger partial charge in [-0.25, -0.2) is 4.79 Å². The Bertz CT molecular complexity index is 1020. The molecular formula is C21H15N3O4. The zero-order valence-corrected chi connectivity index (χ0v) is 14.7. The van der Waals surface area contributed by atoms with Crippen molar-refractivity contribution in [2.45, 2.75) is 12.8 Å². The van der Waals surface area contributed by atoms with E-state index in [1.807, 2.05) is 30.3 Å². The number of hydroxylamine groups is 2. The van der Waals surface area contributed by atoms with Crippen LogP contribution in [0.2, 0.25) is 0 Å². The predicted octanol–water partition coefficient (Wildman–Crippen LogP) is 3.03. The highest BCUT2D eigenvalue weighted by Gasteiger charge is 2.33. The number of carbonyl (C=O) groups excluding carboxylic acids is 3. The van der Waals surface area contributed by atoms with Crippen molar-refractivity contribution in [3.05, 3.63) is 72.6 Å². The summed E-state index contributed by atoms with van der Waals surface area (Å²) in [5, 5.41) is 0.538. The fourth-order valence-electron chi connectivity index (χ4n) is 2.82. The number of benzene rings is 1. The maximum atomic E-state index is 12.2. The first-order chi connectivity index (χ1) is 13.6. The summed E-state index contributed by atoms with van der Waals surface area (Å²) >= 11 is 0. The van der Waals surface area contributed by atoms with E-state index < -0.39 is 17.8 Å². The lowest BCUT2D eigenvalue weighted by molar-refractivity contribution is -0.172. The molecule has 3 heterocycles. The molecule has 0 unspecified atom stereocenters. The van der Waals surface area contributed by atoms with Crippen LogP contribution in [0.15, 0.2) is 67.0 Å². The maximum Gasteiger partial charge on any atom is 0.363 e. The highest BCUT2D eigenvalue weighted by atomic mass is 16.7. The van der Waals surface area contributed by atoms with E-state index in [9.17, 15) is 14.4 Å². The lowest BCUT2D eigenvalue weighted by Crippen LogP contribution is -2.32. The van der Waals surface area contributed by atoms with Gasteiger partial charge in [0.15, 0.2) is 0 Å². The van der Waals surface area contributed by atoms with Crippen LogP contribution in [-0.2, 0) is 14.4 Å². The summed E-state index contributed by atoms with van der Waals surface area (Å²) in [6, 6.07) is 16.1. The van der Waals surface area contributed by atoms with Crippen molar-refractivity contribution < 1.29 is 19.2 Å². The molecule has 1 aliphatic rings. The number of aromatic nitrogens is 2. The summed E-state index contributed by atoms with van der Waals surface area (Å²) in [5.74, 6) is -1.76. The Morgan fingerprint density at radius 2 is 1.50 bits per heavy atom. The summed E-state index contributed by atoms with van der Waals surface area (Å²) in [6.45, 7) is 0. The maximum absolute atomic E-state index is 12.2. The van der Waals surface area contributed by atoms with Gasteiger partial charge in [0.05, 0.1) is 17.0 Å². The Morgan fingerprint density at radius 1 is 0.821 bits per heavy atom. The summed E-state index contributed by atoms with van der Waals surface area (Å²) in [7, 11) is 0. The molecule has 138 valence electrons. The Hall–Kier alpha value is -3.87. The zero-order valence-electron chi connectivity index (χ0n) is 14.7. The van der Waals surface area contributed by atoms with E-state index in [1.165, 1.54) is 0 Å². The number of amides is 2. The molecule has 4 rings (SSSR count). The van der Waals surface area contributed by atoms with Crippen LogP contribution in [-0.4, -0.2) is 32.8 Å². The van der Waals surface area contributed by atoms with Gasteiger partial charge in [0.2, 0.25) is 0 Å². The Balaban J connectivity index is 1.48. The molecular weight excluding hydrogens is 358 g/mol. The average molecular weight is 373 g/mol. The van der Waals surface area contributed by atoms with E-state index in [0.29, 0.717) is 5.06 Å². The van der Waals surface area contributed by atoms with Gasteiger partial charge in [-0.15, -0.1) is 5.06 Å². The summed E-state index contributed by atoms with van der Waals surface area (Å²) < 4.78 is 0. The van der Waals surface area contributed by atoms with Gasteiger partial charge < -0.3 is 4.84 Å². The van der Waals surface area contributed by atoms with Crippen molar-refractivity contribution in [3.8, 4) is 22.5 Å². The average Bonchev–Trinajstić information content (AvgIpc) is 3.06. The molecule has 28 heavy (non-hydrogen) atoms. The summed E-state index contributed by atoms with van der Waals surface area (Å²) in [6.07, 6.45) is 3.57. The number of carbonyl (C=O) groups is 3. The van der Waals surface area contributed by atoms with Crippen LogP contribution in [0.5, 0.6) is 0 Å². The Morgan fingerprint density at radius 3 is 2.11 bits per heavy atom. The molecule has 1 fully saturated rings. The fourth-order valence-corrected chi connectivity index (χ4v) is 2.82. The molecule has 2 amide bonds. The van der Waals surface area contributed by atoms with Crippen molar-refractivity contribution in [2.24, 2.45) is 0 Å². The van der Waals surface area contributed by atoms with E-state index >= 15 is 0 Å². The van der Waals surface area contributed by atoms with E-state index in [0.717, 1.165) is 22.5 Å². The monoisotopic (exact) mass is 373 g/mol. The Kier molecular flexibility index (Phi) is 4.63. The van der Waals surface area contributed by atoms with Gasteiger partial charge in [-0.1, -0.05) is 24.3 Å². The molecule has 0 aliphatic carbocycles. The second-order valence-corrected chi connectivity index (χ2v) is 6.19. The van der Waals surface area contributed by atoms with Crippen molar-refractivity contribution in [3.63, 3.8) is 0 Å². The minimum atomic E-state index is -0.751. The largest absolute Gasteiger partial charge is 0.363 e. The number of hydrogen-bond acceptors (Lipinski definition) is 6. The van der Waals surface area contributed by atoms with Gasteiger partial charge in [0.1, 0.15) is 0 Å². The molecule has 2 aromatic heterocycles. The molecule has 0 saturated carbocycles. The fraction of sp³-hybridized carbons (Fsp3) is 0.0952. The van der Waals surface area contributed by atoms with Crippen LogP contribution in [0.3, 0.4) is 0 Å². The minimum absolute atomic E-state index is 0.0621. The second-order valence-electron chi connectivity index (χ2n) is 6.19. The molecule has 3 aromatic rings. The molecule has 1 saturated heterocycles. The third-order valence-corrected chi connectivity index (χ3v) is 4.32. The summed E-state index contributed by atoms with van der Waals surface area (Å²) in [5.41, 5.74) is 3.55. The minimum Gasteiger partial charge on any atom is -0.325 e. The molecule has 7 heteroatoms. The molecule has 0 N–H and O–H groups in total. The van der Waals surface area contributed by atoms with E-state index in [-0.39, 0.29) is 18.4 Å². The molecule has 1 aliphatic heterocycles. The first-order valence-electron chi connectivity index (χ1n) is 8.68. The van der Waals surface area contributed by atoms with Gasteiger partial charge >= 0.3 is 5.97 Å². The third-order valence-electron chi connectivity index (χ3n) is 4.32. The van der Waals surface area contributed by atoms with Crippen LogP contribution in [0.4, 0.5) is 0 Å². The lowest BCUT2D eigenvalue weighted by atomic mass is 10.1. The molecule has 1 aromatic carbocycles. The van der Waals surface area contributed by atoms with Gasteiger partial charge in [-0.2, -0.15) is 0 Å². The van der Waals surface area contributed by atoms with Crippen molar-refractivity contribution >= 4 is 17.8 Å². The quantitative estimate of drug-likeness (QED) is 0.653. The Labute approximate surface area is 160 Å². The second kappa shape index (κ2) is 7.40. The smallest absolute Gasteiger partial charge is 0.325 e. The first kappa shape index (κ1) is 17.5. The van der Waals surface area contributed by atoms with Gasteiger partial charge in [0.25, 0.3) is 11.8 Å². The van der Waals surface area contributed by atoms with Crippen LogP contribution >= 0.6 is 0 Å². The van der Waals surface area contributed by atoms with E-state index in [2.05, 4.69) is 9.97 Å². The van der Waals surface area contributed by atoms with Crippen molar-refractivity contribution in [2.75, 3.05) is 0 Å². The highest BCUT2D eigenvalue weighted by Crippen LogP contribution is 2.22. The summed E-state index contributed by atoms with van der Waals surface area (Å²) in [4.78, 5) is 48.8. The number of hydrogen-bond donors (Lipinski definition) is 0. The number of pyridine rings is 2. The van der Waals surface area contributed by atoms with Gasteiger partial charge in [0, 0.05) is 30.8 Å². The van der Waals surface area contributed by atoms with Crippen LogP contribution in [0.25, 0.3) is 22.5 Å². The molecule has 0 radical (unpaired) electrons. The van der Waals surface area contributed by atoms with Gasteiger partial charge in [-0.05, 0) is 35.9 Å². The molecule has 0 atom stereocenters. The van der Waals surface area contributed by atoms with Crippen LogP contribution < -0.4 is 0 Å². The topological polar surface area (TPSA) is 89.5 Å². The zero-order chi connectivity index (χ0) is 19.5. The highest BCUT2D eigenvalue weighted by molar-refractivity contribution is 6.02.